The summed E-state index contributed by atoms with van der Waals surface area (Å²) >= 11 is 0. The van der Waals surface area contributed by atoms with Crippen LogP contribution in [-0.4, -0.2) is 66.3 Å². The number of phosphoric ester groups is 1. The molecule has 0 spiro atoms. The van der Waals surface area contributed by atoms with Crippen LogP contribution in [-0.2, 0) is 27.9 Å². The second-order valence-corrected chi connectivity index (χ2v) is 12.6. The van der Waals surface area contributed by atoms with Crippen LogP contribution in [0.2, 0.25) is 0 Å². The monoisotopic (exact) mass is 634 g/mol. The molecule has 0 aliphatic rings. The first-order chi connectivity index (χ1) is 20.8. The lowest BCUT2D eigenvalue weighted by Gasteiger charge is -2.20. The van der Waals surface area contributed by atoms with E-state index in [4.69, 9.17) is 23.6 Å². The summed E-state index contributed by atoms with van der Waals surface area (Å²) in [6, 6.07) is 0. The zero-order valence-corrected chi connectivity index (χ0v) is 28.1. The average molecular weight is 635 g/mol. The van der Waals surface area contributed by atoms with Gasteiger partial charge in [-0.05, 0) is 38.5 Å². The molecular weight excluding hydrogens is 571 g/mol. The van der Waals surface area contributed by atoms with Gasteiger partial charge in [0.05, 0.1) is 26.4 Å². The molecule has 254 valence electrons. The third kappa shape index (κ3) is 30.7. The maximum atomic E-state index is 12.5. The highest BCUT2D eigenvalue weighted by atomic mass is 31.2. The van der Waals surface area contributed by atoms with Crippen molar-refractivity contribution in [3.05, 3.63) is 24.3 Å². The van der Waals surface area contributed by atoms with Crippen LogP contribution in [0.15, 0.2) is 24.3 Å². The summed E-state index contributed by atoms with van der Waals surface area (Å²) in [5, 5.41) is 18.2. The molecule has 0 aromatic carbocycles. The topological polar surface area (TPSA) is 132 Å². The fourth-order valence-corrected chi connectivity index (χ4v) is 5.06. The van der Waals surface area contributed by atoms with E-state index in [9.17, 15) is 19.4 Å². The molecule has 0 saturated heterocycles. The number of hydrogen-bond donors (Lipinski definition) is 3. The normalized spacial score (nSPS) is 14.8. The van der Waals surface area contributed by atoms with Gasteiger partial charge in [0, 0.05) is 13.0 Å². The fourth-order valence-electron chi connectivity index (χ4n) is 4.27. The number of esters is 1. The Morgan fingerprint density at radius 1 is 0.721 bits per heavy atom. The van der Waals surface area contributed by atoms with Crippen LogP contribution in [0.1, 0.15) is 136 Å². The molecule has 0 amide bonds. The van der Waals surface area contributed by atoms with Gasteiger partial charge in [0.2, 0.25) is 0 Å². The molecule has 0 radical (unpaired) electrons. The van der Waals surface area contributed by atoms with Crippen molar-refractivity contribution in [3.63, 3.8) is 0 Å². The van der Waals surface area contributed by atoms with Crippen LogP contribution in [0.5, 0.6) is 0 Å². The molecule has 0 aliphatic carbocycles. The molecule has 0 rings (SSSR count). The number of carbonyl (C=O) groups excluding carboxylic acids is 1. The van der Waals surface area contributed by atoms with E-state index in [1.165, 1.54) is 44.9 Å². The molecular formula is C33H63O9P. The molecule has 10 heteroatoms. The third-order valence-electron chi connectivity index (χ3n) is 6.87. The summed E-state index contributed by atoms with van der Waals surface area (Å²) in [4.78, 5) is 22.3. The van der Waals surface area contributed by atoms with Gasteiger partial charge in [-0.25, -0.2) is 4.57 Å². The van der Waals surface area contributed by atoms with E-state index in [2.05, 4.69) is 38.2 Å². The van der Waals surface area contributed by atoms with Crippen molar-refractivity contribution >= 4 is 13.8 Å². The van der Waals surface area contributed by atoms with Crippen LogP contribution in [0, 0.1) is 0 Å². The summed E-state index contributed by atoms with van der Waals surface area (Å²) in [5.74, 6) is -0.399. The number of unbranched alkanes of at least 4 members (excludes halogenated alkanes) is 14. The van der Waals surface area contributed by atoms with E-state index in [1.54, 1.807) is 0 Å². The first-order valence-electron chi connectivity index (χ1n) is 16.8. The van der Waals surface area contributed by atoms with Crippen LogP contribution in [0.25, 0.3) is 0 Å². The van der Waals surface area contributed by atoms with Gasteiger partial charge in [-0.3, -0.25) is 13.8 Å². The number of hydrogen-bond acceptors (Lipinski definition) is 8. The number of allylic oxidation sites excluding steroid dienone is 4. The number of aliphatic hydroxyl groups excluding tert-OH is 2. The SMILES string of the molecule is CCC/C=C\C/C=C\CCCCCCCC(=O)OC(COCCCCCCCCCCC)COP(=O)(O)OCC(O)CO. The van der Waals surface area contributed by atoms with Crippen molar-refractivity contribution in [1.29, 1.82) is 0 Å². The Morgan fingerprint density at radius 3 is 1.95 bits per heavy atom. The van der Waals surface area contributed by atoms with E-state index in [1.807, 2.05) is 0 Å². The van der Waals surface area contributed by atoms with Crippen LogP contribution < -0.4 is 0 Å². The van der Waals surface area contributed by atoms with Crippen molar-refractivity contribution in [2.45, 2.75) is 148 Å². The molecule has 0 aromatic heterocycles. The first kappa shape index (κ1) is 41.9. The Bertz CT molecular complexity index is 729. The van der Waals surface area contributed by atoms with Gasteiger partial charge in [-0.15, -0.1) is 0 Å². The predicted octanol–water partition coefficient (Wildman–Crippen LogP) is 7.97. The van der Waals surface area contributed by atoms with Gasteiger partial charge >= 0.3 is 13.8 Å². The lowest BCUT2D eigenvalue weighted by atomic mass is 10.1. The largest absolute Gasteiger partial charge is 0.472 e. The number of rotatable bonds is 32. The number of aliphatic hydroxyl groups is 2. The van der Waals surface area contributed by atoms with Crippen molar-refractivity contribution < 1.29 is 43.0 Å². The van der Waals surface area contributed by atoms with Gasteiger partial charge in [-0.1, -0.05) is 115 Å². The number of carbonyl (C=O) groups is 1. The van der Waals surface area contributed by atoms with E-state index in [0.29, 0.717) is 13.0 Å². The van der Waals surface area contributed by atoms with Crippen molar-refractivity contribution in [2.75, 3.05) is 33.0 Å². The Hall–Kier alpha value is -1.06. The third-order valence-corrected chi connectivity index (χ3v) is 7.82. The molecule has 9 nitrogen and oxygen atoms in total. The summed E-state index contributed by atoms with van der Waals surface area (Å²) < 4.78 is 33.0. The predicted molar refractivity (Wildman–Crippen MR) is 173 cm³/mol. The quantitative estimate of drug-likeness (QED) is 0.0292. The second-order valence-electron chi connectivity index (χ2n) is 11.2. The molecule has 0 aliphatic heterocycles. The standard InChI is InChI=1S/C33H63O9P/c1-3-5-7-9-11-13-14-15-16-17-19-21-23-25-33(36)42-32(30-41-43(37,38)40-28-31(35)27-34)29-39-26-24-22-20-18-12-10-8-6-4-2/h7,9,13-14,31-32,34-35H,3-6,8,10-12,15-30H2,1-2H3,(H,37,38)/b9-7-,14-13-. The van der Waals surface area contributed by atoms with Crippen LogP contribution in [0.3, 0.4) is 0 Å². The summed E-state index contributed by atoms with van der Waals surface area (Å²) in [7, 11) is -4.50. The molecule has 0 saturated carbocycles. The number of ether oxygens (including phenoxy) is 2. The summed E-state index contributed by atoms with van der Waals surface area (Å²) in [6.45, 7) is 3.40. The molecule has 0 heterocycles. The minimum absolute atomic E-state index is 0.0456. The second kappa shape index (κ2) is 30.9. The molecule has 0 fully saturated rings. The van der Waals surface area contributed by atoms with Gasteiger partial charge in [0.25, 0.3) is 0 Å². The highest BCUT2D eigenvalue weighted by Crippen LogP contribution is 2.43. The van der Waals surface area contributed by atoms with Crippen molar-refractivity contribution in [3.8, 4) is 0 Å². The lowest BCUT2D eigenvalue weighted by molar-refractivity contribution is -0.154. The van der Waals surface area contributed by atoms with E-state index < -0.39 is 39.2 Å². The van der Waals surface area contributed by atoms with Gasteiger partial charge in [0.15, 0.2) is 0 Å². The first-order valence-corrected chi connectivity index (χ1v) is 18.3. The Labute approximate surface area is 262 Å². The molecule has 0 aromatic rings. The molecule has 3 atom stereocenters. The zero-order valence-electron chi connectivity index (χ0n) is 27.2. The maximum Gasteiger partial charge on any atom is 0.472 e. The van der Waals surface area contributed by atoms with Gasteiger partial charge in [-0.2, -0.15) is 0 Å². The van der Waals surface area contributed by atoms with E-state index in [-0.39, 0.29) is 19.6 Å². The Balaban J connectivity index is 4.31. The zero-order chi connectivity index (χ0) is 31.9. The highest BCUT2D eigenvalue weighted by Gasteiger charge is 2.26. The van der Waals surface area contributed by atoms with Gasteiger partial charge < -0.3 is 24.6 Å². The Morgan fingerprint density at radius 2 is 1.30 bits per heavy atom. The minimum atomic E-state index is -4.50. The molecule has 3 N–H and O–H groups in total. The lowest BCUT2D eigenvalue weighted by Crippen LogP contribution is -2.29. The molecule has 0 bridgehead atoms. The van der Waals surface area contributed by atoms with Crippen LogP contribution in [0.4, 0.5) is 0 Å². The van der Waals surface area contributed by atoms with E-state index in [0.717, 1.165) is 64.2 Å². The highest BCUT2D eigenvalue weighted by molar-refractivity contribution is 7.47. The minimum Gasteiger partial charge on any atom is -0.457 e. The van der Waals surface area contributed by atoms with Crippen LogP contribution >= 0.6 is 7.82 Å². The van der Waals surface area contributed by atoms with E-state index >= 15 is 0 Å². The van der Waals surface area contributed by atoms with Gasteiger partial charge in [0.1, 0.15) is 12.2 Å². The van der Waals surface area contributed by atoms with Crippen molar-refractivity contribution in [1.82, 2.24) is 0 Å². The molecule has 3 unspecified atom stereocenters. The smallest absolute Gasteiger partial charge is 0.457 e. The van der Waals surface area contributed by atoms with Crippen molar-refractivity contribution in [2.24, 2.45) is 0 Å². The average Bonchev–Trinajstić information content (AvgIpc) is 2.99. The Kier molecular flexibility index (Phi) is 30.2. The fraction of sp³-hybridized carbons (Fsp3) is 0.848. The summed E-state index contributed by atoms with van der Waals surface area (Å²) in [6.07, 6.45) is 27.1. The maximum absolute atomic E-state index is 12.5. The summed E-state index contributed by atoms with van der Waals surface area (Å²) in [5.41, 5.74) is 0. The molecule has 43 heavy (non-hydrogen) atoms. The number of phosphoric acid groups is 1.